The minimum absolute atomic E-state index is 0.0480. The van der Waals surface area contributed by atoms with Gasteiger partial charge in [0.25, 0.3) is 5.09 Å². The van der Waals surface area contributed by atoms with Crippen molar-refractivity contribution < 1.29 is 19.8 Å². The monoisotopic (exact) mass is 460 g/mol. The maximum absolute atomic E-state index is 8.36. The molecule has 0 saturated carbocycles. The Morgan fingerprint density at radius 1 is 1.33 bits per heavy atom. The van der Waals surface area contributed by atoms with E-state index in [9.17, 15) is 0 Å². The van der Waals surface area contributed by atoms with E-state index in [0.29, 0.717) is 23.2 Å². The topological polar surface area (TPSA) is 113 Å². The maximum atomic E-state index is 8.36. The molecule has 0 spiro atoms. The molecule has 2 unspecified atom stereocenters. The molecule has 3 rings (SSSR count). The first-order valence-corrected chi connectivity index (χ1v) is 10.5. The summed E-state index contributed by atoms with van der Waals surface area (Å²) >= 11 is 12.5. The summed E-state index contributed by atoms with van der Waals surface area (Å²) in [5.74, 6) is -0.969. The molecule has 11 heteroatoms. The van der Waals surface area contributed by atoms with Crippen LogP contribution < -0.4 is 0 Å². The van der Waals surface area contributed by atoms with Crippen LogP contribution in [-0.2, 0) is 21.8 Å². The molecule has 30 heavy (non-hydrogen) atoms. The summed E-state index contributed by atoms with van der Waals surface area (Å²) in [7, 11) is 0. The number of halogens is 2. The molecule has 1 saturated heterocycles. The molecule has 0 amide bonds. The minimum Gasteiger partial charge on any atom is -0.342 e. The Morgan fingerprint density at radius 3 is 2.70 bits per heavy atom. The zero-order valence-corrected chi connectivity index (χ0v) is 18.3. The summed E-state index contributed by atoms with van der Waals surface area (Å²) in [6.45, 7) is 3.16. The average molecular weight is 461 g/mol. The first-order chi connectivity index (χ1) is 14.4. The Bertz CT molecular complexity index is 789. The fourth-order valence-electron chi connectivity index (χ4n) is 3.32. The Kier molecular flexibility index (Phi) is 9.77. The van der Waals surface area contributed by atoms with Gasteiger partial charge >= 0.3 is 0 Å². The number of ether oxygens (including phenoxy) is 2. The van der Waals surface area contributed by atoms with E-state index in [-0.39, 0.29) is 6.10 Å². The van der Waals surface area contributed by atoms with Crippen LogP contribution in [0.2, 0.25) is 10.0 Å². The summed E-state index contributed by atoms with van der Waals surface area (Å²) in [4.78, 5) is 12.4. The molecule has 1 aromatic heterocycles. The van der Waals surface area contributed by atoms with E-state index >= 15 is 0 Å². The lowest BCUT2D eigenvalue weighted by atomic mass is 10.1. The molecular formula is C19H26Cl2N4O5. The van der Waals surface area contributed by atoms with Gasteiger partial charge in [-0.1, -0.05) is 68.3 Å². The van der Waals surface area contributed by atoms with Crippen LogP contribution in [0.5, 0.6) is 0 Å². The van der Waals surface area contributed by atoms with Gasteiger partial charge in [0.1, 0.15) is 19.2 Å². The van der Waals surface area contributed by atoms with Crippen LogP contribution in [0, 0.1) is 10.1 Å². The fraction of sp³-hybridized carbons (Fsp3) is 0.579. The highest BCUT2D eigenvalue weighted by molar-refractivity contribution is 6.35. The van der Waals surface area contributed by atoms with Crippen molar-refractivity contribution in [3.8, 4) is 0 Å². The van der Waals surface area contributed by atoms with Gasteiger partial charge in [-0.05, 0) is 18.6 Å². The normalized spacial score (nSPS) is 20.6. The van der Waals surface area contributed by atoms with E-state index in [1.165, 1.54) is 32.0 Å². The van der Waals surface area contributed by atoms with E-state index in [2.05, 4.69) is 17.0 Å². The van der Waals surface area contributed by atoms with Crippen LogP contribution in [0.3, 0.4) is 0 Å². The van der Waals surface area contributed by atoms with Crippen molar-refractivity contribution in [2.24, 2.45) is 0 Å². The molecule has 9 nitrogen and oxygen atoms in total. The molecule has 2 atom stereocenters. The molecule has 0 aliphatic carbocycles. The number of unbranched alkanes of at least 4 members (excludes halogenated alkanes) is 4. The lowest BCUT2D eigenvalue weighted by Gasteiger charge is -2.29. The van der Waals surface area contributed by atoms with Crippen molar-refractivity contribution in [1.82, 2.24) is 14.8 Å². The molecule has 0 radical (unpaired) electrons. The zero-order valence-electron chi connectivity index (χ0n) is 16.7. The van der Waals surface area contributed by atoms with Crippen molar-refractivity contribution in [3.63, 3.8) is 0 Å². The third kappa shape index (κ3) is 7.39. The predicted octanol–water partition coefficient (Wildman–Crippen LogP) is 4.87. The van der Waals surface area contributed by atoms with Crippen molar-refractivity contribution >= 4 is 23.2 Å². The van der Waals surface area contributed by atoms with Gasteiger partial charge in [-0.25, -0.2) is 9.67 Å². The molecule has 0 bridgehead atoms. The Labute approximate surface area is 185 Å². The number of hydrogen-bond acceptors (Lipinski definition) is 6. The van der Waals surface area contributed by atoms with E-state index in [1.807, 2.05) is 6.07 Å². The van der Waals surface area contributed by atoms with E-state index in [0.717, 1.165) is 18.4 Å². The van der Waals surface area contributed by atoms with E-state index in [1.54, 1.807) is 23.1 Å². The summed E-state index contributed by atoms with van der Waals surface area (Å²) in [5.41, 5.74) is 0.771. The molecule has 1 aliphatic rings. The highest BCUT2D eigenvalue weighted by atomic mass is 35.5. The SMILES string of the molecule is CCCCCCCC1COC(Cn2cncn2)(c2ccc(Cl)cc2Cl)O1.O=[N+]([O-])O. The van der Waals surface area contributed by atoms with Gasteiger partial charge in [0.15, 0.2) is 0 Å². The van der Waals surface area contributed by atoms with Crippen LogP contribution in [0.25, 0.3) is 0 Å². The largest absolute Gasteiger partial charge is 0.342 e. The first kappa shape index (κ1) is 24.3. The lowest BCUT2D eigenvalue weighted by molar-refractivity contribution is -0.742. The molecule has 166 valence electrons. The second-order valence-corrected chi connectivity index (χ2v) is 7.81. The standard InChI is InChI=1S/C19H25Cl2N3O2.HNO3/c1-2-3-4-5-6-7-16-11-25-19(26-16,12-24-14-22-13-23-24)17-9-8-15(20)10-18(17)21;2-1(3)4/h8-10,13-14,16H,2-7,11-12H2,1H3;(H,2,3,4). The highest BCUT2D eigenvalue weighted by Crippen LogP contribution is 2.41. The third-order valence-electron chi connectivity index (χ3n) is 4.67. The highest BCUT2D eigenvalue weighted by Gasteiger charge is 2.45. The van der Waals surface area contributed by atoms with Gasteiger partial charge in [0.05, 0.1) is 17.7 Å². The quantitative estimate of drug-likeness (QED) is 0.322. The van der Waals surface area contributed by atoms with E-state index < -0.39 is 10.9 Å². The van der Waals surface area contributed by atoms with Gasteiger partial charge in [-0.2, -0.15) is 5.10 Å². The predicted molar refractivity (Wildman–Crippen MR) is 111 cm³/mol. The molecule has 1 aliphatic heterocycles. The van der Waals surface area contributed by atoms with Gasteiger partial charge < -0.3 is 14.7 Å². The molecular weight excluding hydrogens is 435 g/mol. The molecule has 1 aromatic carbocycles. The Hall–Kier alpha value is -1.94. The number of nitrogens with zero attached hydrogens (tertiary/aromatic N) is 4. The first-order valence-electron chi connectivity index (χ1n) is 9.79. The fourth-order valence-corrected chi connectivity index (χ4v) is 3.87. The van der Waals surface area contributed by atoms with Crippen LogP contribution in [-0.4, -0.2) is 37.8 Å². The van der Waals surface area contributed by atoms with Gasteiger partial charge in [0.2, 0.25) is 5.79 Å². The molecule has 2 heterocycles. The Morgan fingerprint density at radius 2 is 2.07 bits per heavy atom. The summed E-state index contributed by atoms with van der Waals surface area (Å²) in [5, 5.41) is 18.9. The number of aromatic nitrogens is 3. The van der Waals surface area contributed by atoms with Crippen molar-refractivity contribution in [1.29, 1.82) is 0 Å². The second kappa shape index (κ2) is 12.0. The van der Waals surface area contributed by atoms with Crippen LogP contribution >= 0.6 is 23.2 Å². The molecule has 2 aromatic rings. The average Bonchev–Trinajstić information content (AvgIpc) is 3.32. The van der Waals surface area contributed by atoms with Gasteiger partial charge in [-0.15, -0.1) is 10.1 Å². The summed E-state index contributed by atoms with van der Waals surface area (Å²) < 4.78 is 14.3. The van der Waals surface area contributed by atoms with Crippen molar-refractivity contribution in [2.75, 3.05) is 6.61 Å². The lowest BCUT2D eigenvalue weighted by Crippen LogP contribution is -2.34. The van der Waals surface area contributed by atoms with Crippen LogP contribution in [0.1, 0.15) is 51.0 Å². The van der Waals surface area contributed by atoms with Gasteiger partial charge in [0, 0.05) is 10.6 Å². The van der Waals surface area contributed by atoms with Crippen LogP contribution in [0.4, 0.5) is 0 Å². The number of rotatable bonds is 9. The Balaban J connectivity index is 0.000000735. The number of hydrogen-bond donors (Lipinski definition) is 1. The van der Waals surface area contributed by atoms with E-state index in [4.69, 9.17) is 48.0 Å². The van der Waals surface area contributed by atoms with Gasteiger partial charge in [-0.3, -0.25) is 0 Å². The minimum atomic E-state index is -1.50. The number of benzene rings is 1. The zero-order chi connectivity index (χ0) is 22.0. The summed E-state index contributed by atoms with van der Waals surface area (Å²) in [6.07, 6.45) is 10.4. The van der Waals surface area contributed by atoms with Crippen molar-refractivity contribution in [2.45, 2.75) is 63.9 Å². The molecule has 1 N–H and O–H groups in total. The van der Waals surface area contributed by atoms with Crippen LogP contribution in [0.15, 0.2) is 30.9 Å². The second-order valence-electron chi connectivity index (χ2n) is 6.96. The maximum Gasteiger partial charge on any atom is 0.291 e. The van der Waals surface area contributed by atoms with Crippen molar-refractivity contribution in [3.05, 3.63) is 56.6 Å². The third-order valence-corrected chi connectivity index (χ3v) is 5.22. The molecule has 1 fully saturated rings. The smallest absolute Gasteiger partial charge is 0.291 e. The summed E-state index contributed by atoms with van der Waals surface area (Å²) in [6, 6.07) is 5.38.